The third kappa shape index (κ3) is 4.03. The smallest absolute Gasteiger partial charge is 0.228 e. The van der Waals surface area contributed by atoms with Gasteiger partial charge in [0, 0.05) is 22.9 Å². The fraction of sp³-hybridized carbons (Fsp3) is 0.615. The number of piperidine rings is 1. The lowest BCUT2D eigenvalue weighted by Crippen LogP contribution is -2.49. The normalized spacial score (nSPS) is 29.8. The number of halogens is 1. The SMILES string of the molecule is O=S1CCCCc2nc(N3C4CCC3CC(c3ccc(Cl)cc3)C4)nc(NC3(CO)CCC3)c21. The van der Waals surface area contributed by atoms with Gasteiger partial charge in [-0.05, 0) is 87.8 Å². The number of anilines is 2. The number of nitrogens with one attached hydrogen (secondary N) is 1. The van der Waals surface area contributed by atoms with E-state index in [0.29, 0.717) is 29.6 Å². The summed E-state index contributed by atoms with van der Waals surface area (Å²) in [5.74, 6) is 2.68. The highest BCUT2D eigenvalue weighted by molar-refractivity contribution is 7.85. The quantitative estimate of drug-likeness (QED) is 0.613. The zero-order valence-corrected chi connectivity index (χ0v) is 21.1. The highest BCUT2D eigenvalue weighted by Crippen LogP contribution is 2.46. The van der Waals surface area contributed by atoms with Crippen LogP contribution in [0.25, 0.3) is 0 Å². The maximum Gasteiger partial charge on any atom is 0.228 e. The average molecular weight is 501 g/mol. The third-order valence-corrected chi connectivity index (χ3v) is 10.2. The van der Waals surface area contributed by atoms with Crippen LogP contribution in [0.1, 0.15) is 75.0 Å². The van der Waals surface area contributed by atoms with Crippen LogP contribution in [0.3, 0.4) is 0 Å². The lowest BCUT2D eigenvalue weighted by atomic mass is 9.77. The maximum absolute atomic E-state index is 13.2. The van der Waals surface area contributed by atoms with Crippen molar-refractivity contribution in [2.24, 2.45) is 0 Å². The van der Waals surface area contributed by atoms with Gasteiger partial charge in [0.1, 0.15) is 10.7 Å². The predicted octanol–water partition coefficient (Wildman–Crippen LogP) is 4.82. The van der Waals surface area contributed by atoms with Crippen LogP contribution >= 0.6 is 11.6 Å². The molecule has 1 aromatic heterocycles. The molecule has 182 valence electrons. The van der Waals surface area contributed by atoms with Crippen LogP contribution in [0.15, 0.2) is 29.2 Å². The van der Waals surface area contributed by atoms with Gasteiger partial charge in [-0.25, -0.2) is 4.98 Å². The summed E-state index contributed by atoms with van der Waals surface area (Å²) in [6, 6.07) is 9.16. The van der Waals surface area contributed by atoms with E-state index in [-0.39, 0.29) is 12.1 Å². The molecule has 1 aliphatic carbocycles. The van der Waals surface area contributed by atoms with E-state index in [2.05, 4.69) is 22.3 Å². The van der Waals surface area contributed by atoms with Gasteiger partial charge in [0.2, 0.25) is 5.95 Å². The Hall–Kier alpha value is -1.70. The van der Waals surface area contributed by atoms with E-state index in [1.807, 2.05) is 12.1 Å². The van der Waals surface area contributed by atoms with E-state index >= 15 is 0 Å². The van der Waals surface area contributed by atoms with Gasteiger partial charge < -0.3 is 15.3 Å². The molecule has 4 aliphatic rings. The summed E-state index contributed by atoms with van der Waals surface area (Å²) in [6.07, 6.45) is 10.2. The van der Waals surface area contributed by atoms with Crippen LogP contribution in [-0.4, -0.2) is 49.3 Å². The predicted molar refractivity (Wildman–Crippen MR) is 136 cm³/mol. The standard InChI is InChI=1S/C26H33ClN4O2S/c27-19-7-5-17(6-8-19)18-14-20-9-10-21(15-18)31(20)25-28-22-4-1-2-13-34(33)23(22)24(29-25)30-26(16-32)11-3-12-26/h5-8,18,20-21,32H,1-4,9-16H2,(H,28,29,30). The number of fused-ring (bicyclic) bond motifs is 3. The molecule has 2 bridgehead atoms. The van der Waals surface area contributed by atoms with Crippen LogP contribution in [0.2, 0.25) is 5.02 Å². The molecule has 6 rings (SSSR count). The Balaban J connectivity index is 1.34. The molecule has 1 saturated carbocycles. The van der Waals surface area contributed by atoms with Crippen LogP contribution in [0, 0.1) is 0 Å². The van der Waals surface area contributed by atoms with Gasteiger partial charge in [-0.3, -0.25) is 4.21 Å². The molecule has 6 nitrogen and oxygen atoms in total. The first kappa shape index (κ1) is 22.7. The van der Waals surface area contributed by atoms with Gasteiger partial charge in [-0.2, -0.15) is 4.98 Å². The Morgan fingerprint density at radius 1 is 1.09 bits per heavy atom. The van der Waals surface area contributed by atoms with Crippen LogP contribution in [0.5, 0.6) is 0 Å². The molecule has 34 heavy (non-hydrogen) atoms. The number of benzene rings is 1. The van der Waals surface area contributed by atoms with Gasteiger partial charge in [0.25, 0.3) is 0 Å². The Morgan fingerprint density at radius 3 is 2.47 bits per heavy atom. The second-order valence-corrected chi connectivity index (χ2v) is 12.5. The number of aliphatic hydroxyl groups excluding tert-OH is 1. The van der Waals surface area contributed by atoms with Gasteiger partial charge in [-0.1, -0.05) is 23.7 Å². The van der Waals surface area contributed by atoms with Crippen molar-refractivity contribution in [1.82, 2.24) is 9.97 Å². The fourth-order valence-corrected chi connectivity index (χ4v) is 7.93. The van der Waals surface area contributed by atoms with Crippen molar-refractivity contribution in [3.8, 4) is 0 Å². The monoisotopic (exact) mass is 500 g/mol. The van der Waals surface area contributed by atoms with Gasteiger partial charge in [-0.15, -0.1) is 0 Å². The minimum Gasteiger partial charge on any atom is -0.394 e. The van der Waals surface area contributed by atoms with Crippen molar-refractivity contribution >= 4 is 34.2 Å². The molecule has 2 N–H and O–H groups in total. The highest BCUT2D eigenvalue weighted by atomic mass is 35.5. The van der Waals surface area contributed by atoms with Gasteiger partial charge in [0.15, 0.2) is 0 Å². The molecule has 8 heteroatoms. The molecule has 2 aromatic rings. The molecular formula is C26H33ClN4O2S. The summed E-state index contributed by atoms with van der Waals surface area (Å²) >= 11 is 6.12. The van der Waals surface area contributed by atoms with Crippen LogP contribution < -0.4 is 10.2 Å². The Labute approximate surface area is 209 Å². The molecule has 3 fully saturated rings. The number of hydrogen-bond donors (Lipinski definition) is 2. The van der Waals surface area contributed by atoms with Crippen molar-refractivity contribution in [2.45, 2.75) is 92.6 Å². The van der Waals surface area contributed by atoms with E-state index in [4.69, 9.17) is 21.6 Å². The number of hydrogen-bond acceptors (Lipinski definition) is 6. The third-order valence-electron chi connectivity index (χ3n) is 8.45. The second-order valence-electron chi connectivity index (χ2n) is 10.6. The number of rotatable bonds is 5. The molecule has 2 saturated heterocycles. The fourth-order valence-electron chi connectivity index (χ4n) is 6.41. The molecule has 3 unspecified atom stereocenters. The average Bonchev–Trinajstić information content (AvgIpc) is 2.96. The topological polar surface area (TPSA) is 78.4 Å². The molecular weight excluding hydrogens is 468 g/mol. The Kier molecular flexibility index (Phi) is 6.06. The summed E-state index contributed by atoms with van der Waals surface area (Å²) in [4.78, 5) is 13.3. The second kappa shape index (κ2) is 9.07. The van der Waals surface area contributed by atoms with Crippen LogP contribution in [-0.2, 0) is 17.2 Å². The van der Waals surface area contributed by atoms with Crippen molar-refractivity contribution in [1.29, 1.82) is 0 Å². The highest BCUT2D eigenvalue weighted by Gasteiger charge is 2.44. The van der Waals surface area contributed by atoms with Gasteiger partial charge in [0.05, 0.1) is 28.6 Å². The van der Waals surface area contributed by atoms with E-state index in [1.165, 1.54) is 5.56 Å². The molecule has 3 atom stereocenters. The number of nitrogens with zero attached hydrogens (tertiary/aromatic N) is 3. The first-order valence-electron chi connectivity index (χ1n) is 12.8. The molecule has 0 spiro atoms. The lowest BCUT2D eigenvalue weighted by Gasteiger charge is -2.42. The zero-order valence-electron chi connectivity index (χ0n) is 19.5. The van der Waals surface area contributed by atoms with E-state index in [1.54, 1.807) is 0 Å². The Bertz CT molecular complexity index is 1070. The van der Waals surface area contributed by atoms with Crippen molar-refractivity contribution < 1.29 is 9.32 Å². The van der Waals surface area contributed by atoms with E-state index in [0.717, 1.165) is 85.8 Å². The largest absolute Gasteiger partial charge is 0.394 e. The molecule has 0 amide bonds. The number of aliphatic hydroxyl groups is 1. The molecule has 0 radical (unpaired) electrons. The van der Waals surface area contributed by atoms with Crippen molar-refractivity contribution in [3.63, 3.8) is 0 Å². The minimum atomic E-state index is -1.10. The maximum atomic E-state index is 13.2. The first-order valence-corrected chi connectivity index (χ1v) is 14.5. The van der Waals surface area contributed by atoms with Gasteiger partial charge >= 0.3 is 0 Å². The molecule has 3 aliphatic heterocycles. The van der Waals surface area contributed by atoms with E-state index < -0.39 is 10.8 Å². The molecule has 1 aromatic carbocycles. The summed E-state index contributed by atoms with van der Waals surface area (Å²) in [6.45, 7) is 0.0749. The summed E-state index contributed by atoms with van der Waals surface area (Å²) in [7, 11) is -1.10. The van der Waals surface area contributed by atoms with E-state index in [9.17, 15) is 9.32 Å². The van der Waals surface area contributed by atoms with Crippen LogP contribution in [0.4, 0.5) is 11.8 Å². The number of aromatic nitrogens is 2. The minimum absolute atomic E-state index is 0.0749. The summed E-state index contributed by atoms with van der Waals surface area (Å²) in [5.41, 5.74) is 1.97. The zero-order chi connectivity index (χ0) is 23.3. The lowest BCUT2D eigenvalue weighted by molar-refractivity contribution is 0.143. The summed E-state index contributed by atoms with van der Waals surface area (Å²) in [5, 5.41) is 14.4. The molecule has 4 heterocycles. The summed E-state index contributed by atoms with van der Waals surface area (Å²) < 4.78 is 13.2. The Morgan fingerprint density at radius 2 is 1.82 bits per heavy atom. The van der Waals surface area contributed by atoms with Crippen molar-refractivity contribution in [3.05, 3.63) is 40.5 Å². The first-order chi connectivity index (χ1) is 16.5. The van der Waals surface area contributed by atoms with Crippen molar-refractivity contribution in [2.75, 3.05) is 22.6 Å². The number of aryl methyl sites for hydroxylation is 1.